The number of anilines is 1. The lowest BCUT2D eigenvalue weighted by Crippen LogP contribution is -2.54. The number of sulfonamides is 1. The van der Waals surface area contributed by atoms with Gasteiger partial charge < -0.3 is 15.0 Å². The molecule has 0 heterocycles. The number of aryl methyl sites for hydroxylation is 1. The molecule has 0 saturated carbocycles. The SMILES string of the molecule is CC[C@@H](C)NC(=O)[C@@H](Cc1ccccc1)N(Cc1ccc(F)cc1)C(=O)CN(c1cc(C)ccc1OC)S(=O)(=O)c1ccccc1. The zero-order valence-corrected chi connectivity index (χ0v) is 27.3. The maximum absolute atomic E-state index is 14.6. The van der Waals surface area contributed by atoms with Gasteiger partial charge in [-0.3, -0.25) is 13.9 Å². The van der Waals surface area contributed by atoms with E-state index in [0.717, 1.165) is 15.4 Å². The van der Waals surface area contributed by atoms with Crippen LogP contribution in [0.2, 0.25) is 0 Å². The van der Waals surface area contributed by atoms with Crippen molar-refractivity contribution in [1.82, 2.24) is 10.2 Å². The summed E-state index contributed by atoms with van der Waals surface area (Å²) in [7, 11) is -2.85. The van der Waals surface area contributed by atoms with E-state index >= 15 is 0 Å². The third-order valence-corrected chi connectivity index (χ3v) is 9.53. The van der Waals surface area contributed by atoms with Gasteiger partial charge in [-0.05, 0) is 73.4 Å². The van der Waals surface area contributed by atoms with Crippen molar-refractivity contribution in [3.63, 3.8) is 0 Å². The van der Waals surface area contributed by atoms with Gasteiger partial charge in [0.05, 0.1) is 17.7 Å². The van der Waals surface area contributed by atoms with E-state index in [9.17, 15) is 22.4 Å². The van der Waals surface area contributed by atoms with Crippen LogP contribution < -0.4 is 14.4 Å². The second-order valence-corrected chi connectivity index (χ2v) is 13.0. The van der Waals surface area contributed by atoms with Gasteiger partial charge in [0.1, 0.15) is 24.2 Å². The van der Waals surface area contributed by atoms with Crippen LogP contribution >= 0.6 is 0 Å². The van der Waals surface area contributed by atoms with Crippen LogP contribution in [-0.4, -0.2) is 50.9 Å². The molecule has 4 aromatic rings. The quantitative estimate of drug-likeness (QED) is 0.185. The fourth-order valence-corrected chi connectivity index (χ4v) is 6.45. The van der Waals surface area contributed by atoms with Crippen LogP contribution in [0, 0.1) is 12.7 Å². The molecule has 0 aliphatic heterocycles. The van der Waals surface area contributed by atoms with Gasteiger partial charge in [0.2, 0.25) is 11.8 Å². The number of nitrogens with one attached hydrogen (secondary N) is 1. The first-order chi connectivity index (χ1) is 22.0. The van der Waals surface area contributed by atoms with E-state index in [4.69, 9.17) is 4.74 Å². The highest BCUT2D eigenvalue weighted by Crippen LogP contribution is 2.34. The minimum Gasteiger partial charge on any atom is -0.495 e. The van der Waals surface area contributed by atoms with Crippen molar-refractivity contribution in [3.8, 4) is 5.75 Å². The van der Waals surface area contributed by atoms with Gasteiger partial charge in [-0.1, -0.05) is 73.7 Å². The molecule has 0 fully saturated rings. The van der Waals surface area contributed by atoms with Crippen LogP contribution in [0.5, 0.6) is 5.75 Å². The van der Waals surface area contributed by atoms with Crippen LogP contribution in [0.25, 0.3) is 0 Å². The lowest BCUT2D eigenvalue weighted by atomic mass is 10.0. The zero-order valence-electron chi connectivity index (χ0n) is 26.5. The number of hydrogen-bond acceptors (Lipinski definition) is 5. The molecule has 8 nitrogen and oxygen atoms in total. The second kappa shape index (κ2) is 15.5. The molecule has 0 aromatic heterocycles. The number of amides is 2. The predicted octanol–water partition coefficient (Wildman–Crippen LogP) is 5.89. The smallest absolute Gasteiger partial charge is 0.264 e. The Balaban J connectivity index is 1.84. The molecule has 0 aliphatic rings. The van der Waals surface area contributed by atoms with Gasteiger partial charge in [-0.2, -0.15) is 0 Å². The van der Waals surface area contributed by atoms with Crippen molar-refractivity contribution in [2.45, 2.75) is 57.1 Å². The summed E-state index contributed by atoms with van der Waals surface area (Å²) in [4.78, 5) is 29.9. The number of nitrogens with zero attached hydrogens (tertiary/aromatic N) is 2. The molecule has 4 aromatic carbocycles. The number of hydrogen-bond donors (Lipinski definition) is 1. The first kappa shape index (κ1) is 34.2. The van der Waals surface area contributed by atoms with E-state index in [1.807, 2.05) is 51.1 Å². The van der Waals surface area contributed by atoms with Gasteiger partial charge in [0.15, 0.2) is 0 Å². The van der Waals surface area contributed by atoms with Crippen LogP contribution in [0.1, 0.15) is 37.0 Å². The third-order valence-electron chi connectivity index (χ3n) is 7.75. The third kappa shape index (κ3) is 8.51. The molecule has 10 heteroatoms. The van der Waals surface area contributed by atoms with E-state index in [0.29, 0.717) is 12.0 Å². The molecular weight excluding hydrogens is 605 g/mol. The molecule has 0 radical (unpaired) electrons. The van der Waals surface area contributed by atoms with Crippen LogP contribution in [0.3, 0.4) is 0 Å². The van der Waals surface area contributed by atoms with Crippen LogP contribution in [-0.2, 0) is 32.6 Å². The molecule has 1 N–H and O–H groups in total. The number of halogens is 1. The van der Waals surface area contributed by atoms with Crippen molar-refractivity contribution >= 4 is 27.5 Å². The number of carbonyl (C=O) groups excluding carboxylic acids is 2. The highest BCUT2D eigenvalue weighted by molar-refractivity contribution is 7.92. The summed E-state index contributed by atoms with van der Waals surface area (Å²) in [5.74, 6) is -1.17. The lowest BCUT2D eigenvalue weighted by Gasteiger charge is -2.34. The second-order valence-electron chi connectivity index (χ2n) is 11.2. The fraction of sp³-hybridized carbons (Fsp3) is 0.278. The Hall–Kier alpha value is -4.70. The Morgan fingerprint density at radius 1 is 0.891 bits per heavy atom. The average molecular weight is 646 g/mol. The highest BCUT2D eigenvalue weighted by atomic mass is 32.2. The summed E-state index contributed by atoms with van der Waals surface area (Å²) in [6.45, 7) is 4.95. The van der Waals surface area contributed by atoms with Crippen molar-refractivity contribution < 1.29 is 27.1 Å². The van der Waals surface area contributed by atoms with E-state index in [1.54, 1.807) is 48.5 Å². The highest BCUT2D eigenvalue weighted by Gasteiger charge is 2.35. The minimum absolute atomic E-state index is 0.00760. The lowest BCUT2D eigenvalue weighted by molar-refractivity contribution is -0.140. The van der Waals surface area contributed by atoms with Crippen molar-refractivity contribution in [2.24, 2.45) is 0 Å². The normalized spacial score (nSPS) is 12.5. The molecule has 0 aliphatic carbocycles. The molecule has 0 saturated heterocycles. The largest absolute Gasteiger partial charge is 0.495 e. The minimum atomic E-state index is -4.28. The molecule has 0 unspecified atom stereocenters. The summed E-state index contributed by atoms with van der Waals surface area (Å²) in [6.07, 6.45) is 0.848. The van der Waals surface area contributed by atoms with Crippen LogP contribution in [0.15, 0.2) is 108 Å². The molecule has 46 heavy (non-hydrogen) atoms. The molecular formula is C36H40FN3O5S. The Bertz CT molecular complexity index is 1720. The van der Waals surface area contributed by atoms with Gasteiger partial charge in [0.25, 0.3) is 10.0 Å². The maximum atomic E-state index is 14.6. The monoisotopic (exact) mass is 645 g/mol. The number of benzene rings is 4. The number of rotatable bonds is 14. The molecule has 2 amide bonds. The summed E-state index contributed by atoms with van der Waals surface area (Å²) in [6, 6.07) is 26.7. The Labute approximate surface area is 270 Å². The Kier molecular flexibility index (Phi) is 11.5. The number of carbonyl (C=O) groups is 2. The van der Waals surface area contributed by atoms with Crippen molar-refractivity contribution in [2.75, 3.05) is 18.0 Å². The molecule has 0 spiro atoms. The Morgan fingerprint density at radius 3 is 2.13 bits per heavy atom. The summed E-state index contributed by atoms with van der Waals surface area (Å²) in [5, 5.41) is 3.00. The van der Waals surface area contributed by atoms with Crippen LogP contribution in [0.4, 0.5) is 10.1 Å². The molecule has 0 bridgehead atoms. The van der Waals surface area contributed by atoms with Gasteiger partial charge >= 0.3 is 0 Å². The first-order valence-corrected chi connectivity index (χ1v) is 16.6. The standard InChI is InChI=1S/C36H40FN3O5S/c1-5-27(3)38-36(42)33(23-28-12-8-6-9-13-28)39(24-29-17-19-30(37)20-18-29)35(41)25-40(32-22-26(2)16-21-34(32)45-4)46(43,44)31-14-10-7-11-15-31/h6-22,27,33H,5,23-25H2,1-4H3,(H,38,42)/t27-,33-/m1/s1. The fourth-order valence-electron chi connectivity index (χ4n) is 5.01. The maximum Gasteiger partial charge on any atom is 0.264 e. The van der Waals surface area contributed by atoms with Crippen molar-refractivity contribution in [3.05, 3.63) is 126 Å². The predicted molar refractivity (Wildman–Crippen MR) is 177 cm³/mol. The van der Waals surface area contributed by atoms with E-state index < -0.39 is 34.3 Å². The van der Waals surface area contributed by atoms with Gasteiger partial charge in [-0.25, -0.2) is 12.8 Å². The average Bonchev–Trinajstić information content (AvgIpc) is 3.06. The number of ether oxygens (including phenoxy) is 1. The summed E-state index contributed by atoms with van der Waals surface area (Å²) >= 11 is 0. The molecule has 242 valence electrons. The number of methoxy groups -OCH3 is 1. The van der Waals surface area contributed by atoms with Gasteiger partial charge in [-0.15, -0.1) is 0 Å². The summed E-state index contributed by atoms with van der Waals surface area (Å²) < 4.78 is 48.9. The first-order valence-electron chi connectivity index (χ1n) is 15.1. The molecule has 2 atom stereocenters. The van der Waals surface area contributed by atoms with E-state index in [-0.39, 0.29) is 41.2 Å². The van der Waals surface area contributed by atoms with E-state index in [2.05, 4.69) is 5.32 Å². The molecule has 4 rings (SSSR count). The van der Waals surface area contributed by atoms with E-state index in [1.165, 1.54) is 36.3 Å². The Morgan fingerprint density at radius 2 is 1.52 bits per heavy atom. The summed E-state index contributed by atoms with van der Waals surface area (Å²) in [5.41, 5.74) is 2.34. The topological polar surface area (TPSA) is 96.0 Å². The van der Waals surface area contributed by atoms with Gasteiger partial charge in [0, 0.05) is 19.0 Å². The zero-order chi connectivity index (χ0) is 33.3. The van der Waals surface area contributed by atoms with Crippen molar-refractivity contribution in [1.29, 1.82) is 0 Å².